The molecule has 1 aliphatic heterocycles. The number of hydrogen-bond donors (Lipinski definition) is 0. The van der Waals surface area contributed by atoms with E-state index in [1.807, 2.05) is 24.3 Å². The molecule has 3 heteroatoms. The van der Waals surface area contributed by atoms with Crippen molar-refractivity contribution in [2.24, 2.45) is 5.92 Å². The Hall–Kier alpha value is -0.420. The zero-order valence-corrected chi connectivity index (χ0v) is 12.7. The lowest BCUT2D eigenvalue weighted by Crippen LogP contribution is -2.58. The molecule has 0 radical (unpaired) electrons. The van der Waals surface area contributed by atoms with Gasteiger partial charge < -0.3 is 0 Å². The molecule has 0 saturated carbocycles. The molecule has 2 rings (SSSR count). The summed E-state index contributed by atoms with van der Waals surface area (Å²) in [5.41, 5.74) is 1.03. The van der Waals surface area contributed by atoms with E-state index in [2.05, 4.69) is 48.3 Å². The Kier molecular flexibility index (Phi) is 3.59. The Bertz CT molecular complexity index is 413. The van der Waals surface area contributed by atoms with E-state index in [1.165, 1.54) is 3.57 Å². The minimum atomic E-state index is 0.183. The van der Waals surface area contributed by atoms with Gasteiger partial charge in [0, 0.05) is 33.7 Å². The standard InChI is InChI=1S/C14H18INO/c1-14(2,3)16-8-11(9-16)13(17)10-4-6-12(15)7-5-10/h4-7,11H,8-9H2,1-3H3. The van der Waals surface area contributed by atoms with Crippen LogP contribution in [0.15, 0.2) is 24.3 Å². The van der Waals surface area contributed by atoms with Crippen LogP contribution in [-0.2, 0) is 0 Å². The molecule has 0 spiro atoms. The third-order valence-electron chi connectivity index (χ3n) is 3.33. The largest absolute Gasteiger partial charge is 0.297 e. The first-order valence-electron chi connectivity index (χ1n) is 5.93. The van der Waals surface area contributed by atoms with E-state index < -0.39 is 0 Å². The zero-order valence-electron chi connectivity index (χ0n) is 10.5. The van der Waals surface area contributed by atoms with E-state index in [0.29, 0.717) is 5.78 Å². The molecule has 0 amide bonds. The number of nitrogens with zero attached hydrogens (tertiary/aromatic N) is 1. The molecule has 0 N–H and O–H groups in total. The first-order chi connectivity index (χ1) is 7.88. The number of hydrogen-bond acceptors (Lipinski definition) is 2. The van der Waals surface area contributed by atoms with E-state index in [-0.39, 0.29) is 11.5 Å². The van der Waals surface area contributed by atoms with Crippen molar-refractivity contribution >= 4 is 28.4 Å². The van der Waals surface area contributed by atoms with Crippen LogP contribution in [0, 0.1) is 9.49 Å². The molecule has 1 fully saturated rings. The average molecular weight is 343 g/mol. The van der Waals surface area contributed by atoms with Gasteiger partial charge in [-0.15, -0.1) is 0 Å². The maximum atomic E-state index is 12.2. The normalized spacial score (nSPS) is 17.9. The Balaban J connectivity index is 1.98. The maximum absolute atomic E-state index is 12.2. The molecule has 0 bridgehead atoms. The number of carbonyl (C=O) groups excluding carboxylic acids is 1. The second-order valence-electron chi connectivity index (χ2n) is 5.64. The molecule has 0 atom stereocenters. The van der Waals surface area contributed by atoms with Crippen molar-refractivity contribution in [3.05, 3.63) is 33.4 Å². The monoisotopic (exact) mass is 343 g/mol. The van der Waals surface area contributed by atoms with Crippen molar-refractivity contribution in [1.82, 2.24) is 4.90 Å². The van der Waals surface area contributed by atoms with Crippen LogP contribution in [0.4, 0.5) is 0 Å². The van der Waals surface area contributed by atoms with Crippen LogP contribution >= 0.6 is 22.6 Å². The van der Waals surface area contributed by atoms with E-state index in [1.54, 1.807) is 0 Å². The Labute approximate surface area is 117 Å². The fraction of sp³-hybridized carbons (Fsp3) is 0.500. The number of benzene rings is 1. The molecule has 0 aliphatic carbocycles. The van der Waals surface area contributed by atoms with E-state index >= 15 is 0 Å². The van der Waals surface area contributed by atoms with Crippen LogP contribution in [0.2, 0.25) is 0 Å². The number of halogens is 1. The fourth-order valence-corrected chi connectivity index (χ4v) is 2.40. The van der Waals surface area contributed by atoms with Crippen LogP contribution in [0.3, 0.4) is 0 Å². The topological polar surface area (TPSA) is 20.3 Å². The minimum absolute atomic E-state index is 0.183. The highest BCUT2D eigenvalue weighted by atomic mass is 127. The SMILES string of the molecule is CC(C)(C)N1CC(C(=O)c2ccc(I)cc2)C1. The van der Waals surface area contributed by atoms with Gasteiger partial charge in [0.05, 0.1) is 0 Å². The van der Waals surface area contributed by atoms with Crippen molar-refractivity contribution in [2.75, 3.05) is 13.1 Å². The lowest BCUT2D eigenvalue weighted by molar-refractivity contribution is 0.0169. The maximum Gasteiger partial charge on any atom is 0.168 e. The number of ketones is 1. The Morgan fingerprint density at radius 1 is 1.24 bits per heavy atom. The van der Waals surface area contributed by atoms with Gasteiger partial charge in [0.1, 0.15) is 0 Å². The van der Waals surface area contributed by atoms with Gasteiger partial charge in [-0.1, -0.05) is 12.1 Å². The Morgan fingerprint density at radius 2 is 1.76 bits per heavy atom. The highest BCUT2D eigenvalue weighted by Crippen LogP contribution is 2.27. The molecule has 1 heterocycles. The van der Waals surface area contributed by atoms with Gasteiger partial charge in [-0.25, -0.2) is 0 Å². The average Bonchev–Trinajstić information content (AvgIpc) is 2.13. The zero-order chi connectivity index (χ0) is 12.6. The molecular weight excluding hydrogens is 325 g/mol. The number of Topliss-reactive ketones (excluding diaryl/α,β-unsaturated/α-hetero) is 1. The van der Waals surface area contributed by atoms with E-state index in [4.69, 9.17) is 0 Å². The summed E-state index contributed by atoms with van der Waals surface area (Å²) in [6, 6.07) is 7.86. The highest BCUT2D eigenvalue weighted by Gasteiger charge is 2.38. The van der Waals surface area contributed by atoms with Crippen LogP contribution < -0.4 is 0 Å². The highest BCUT2D eigenvalue weighted by molar-refractivity contribution is 14.1. The second kappa shape index (κ2) is 4.69. The predicted octanol–water partition coefficient (Wildman–Crippen LogP) is 3.20. The molecule has 1 aromatic rings. The van der Waals surface area contributed by atoms with Gasteiger partial charge in [-0.3, -0.25) is 9.69 Å². The van der Waals surface area contributed by atoms with Gasteiger partial charge in [0.15, 0.2) is 5.78 Å². The third kappa shape index (κ3) is 2.88. The first kappa shape index (κ1) is 13.0. The summed E-state index contributed by atoms with van der Waals surface area (Å²) in [6.07, 6.45) is 0. The third-order valence-corrected chi connectivity index (χ3v) is 4.05. The molecular formula is C14H18INO. The van der Waals surface area contributed by atoms with Gasteiger partial charge in [-0.2, -0.15) is 0 Å². The summed E-state index contributed by atoms with van der Waals surface area (Å²) in [5, 5.41) is 0. The smallest absolute Gasteiger partial charge is 0.168 e. The molecule has 17 heavy (non-hydrogen) atoms. The number of rotatable bonds is 2. The summed E-state index contributed by atoms with van der Waals surface area (Å²) in [5.74, 6) is 0.483. The summed E-state index contributed by atoms with van der Waals surface area (Å²) in [7, 11) is 0. The van der Waals surface area contributed by atoms with E-state index in [9.17, 15) is 4.79 Å². The lowest BCUT2D eigenvalue weighted by Gasteiger charge is -2.47. The number of likely N-dealkylation sites (tertiary alicyclic amines) is 1. The van der Waals surface area contributed by atoms with Gasteiger partial charge in [-0.05, 0) is 55.5 Å². The lowest BCUT2D eigenvalue weighted by atomic mass is 9.87. The molecule has 92 valence electrons. The molecule has 1 aliphatic rings. The van der Waals surface area contributed by atoms with Crippen LogP contribution in [-0.4, -0.2) is 29.3 Å². The Morgan fingerprint density at radius 3 is 2.24 bits per heavy atom. The van der Waals surface area contributed by atoms with Gasteiger partial charge >= 0.3 is 0 Å². The van der Waals surface area contributed by atoms with Crippen LogP contribution in [0.5, 0.6) is 0 Å². The summed E-state index contributed by atoms with van der Waals surface area (Å²) < 4.78 is 1.17. The summed E-state index contributed by atoms with van der Waals surface area (Å²) in [4.78, 5) is 14.5. The van der Waals surface area contributed by atoms with Crippen molar-refractivity contribution in [1.29, 1.82) is 0 Å². The number of carbonyl (C=O) groups is 1. The van der Waals surface area contributed by atoms with Crippen molar-refractivity contribution < 1.29 is 4.79 Å². The van der Waals surface area contributed by atoms with Crippen LogP contribution in [0.1, 0.15) is 31.1 Å². The fourth-order valence-electron chi connectivity index (χ4n) is 2.04. The minimum Gasteiger partial charge on any atom is -0.297 e. The second-order valence-corrected chi connectivity index (χ2v) is 6.89. The quantitative estimate of drug-likeness (QED) is 0.607. The first-order valence-corrected chi connectivity index (χ1v) is 7.00. The van der Waals surface area contributed by atoms with E-state index in [0.717, 1.165) is 18.7 Å². The van der Waals surface area contributed by atoms with Gasteiger partial charge in [0.25, 0.3) is 0 Å². The van der Waals surface area contributed by atoms with Crippen LogP contribution in [0.25, 0.3) is 0 Å². The molecule has 1 aromatic carbocycles. The molecule has 1 saturated heterocycles. The molecule has 0 unspecified atom stereocenters. The van der Waals surface area contributed by atoms with Crippen molar-refractivity contribution in [2.45, 2.75) is 26.3 Å². The molecule has 0 aromatic heterocycles. The van der Waals surface area contributed by atoms with Crippen molar-refractivity contribution in [3.8, 4) is 0 Å². The van der Waals surface area contributed by atoms with Crippen molar-refractivity contribution in [3.63, 3.8) is 0 Å². The van der Waals surface area contributed by atoms with Gasteiger partial charge in [0.2, 0.25) is 0 Å². The molecule has 2 nitrogen and oxygen atoms in total. The summed E-state index contributed by atoms with van der Waals surface area (Å²) in [6.45, 7) is 8.37. The predicted molar refractivity (Wildman–Crippen MR) is 78.3 cm³/mol. The summed E-state index contributed by atoms with van der Waals surface area (Å²) >= 11 is 2.25.